The molecule has 0 aliphatic carbocycles. The Labute approximate surface area is 130 Å². The van der Waals surface area contributed by atoms with E-state index in [1.807, 2.05) is 4.90 Å². The van der Waals surface area contributed by atoms with Crippen LogP contribution in [0.1, 0.15) is 17.3 Å². The van der Waals surface area contributed by atoms with Gasteiger partial charge in [-0.05, 0) is 41.1 Å². The van der Waals surface area contributed by atoms with Crippen LogP contribution in [0, 0.1) is 5.82 Å². The van der Waals surface area contributed by atoms with E-state index in [2.05, 4.69) is 15.9 Å². The molecule has 1 aromatic carbocycles. The molecule has 0 radical (unpaired) electrons. The van der Waals surface area contributed by atoms with E-state index < -0.39 is 17.8 Å². The minimum atomic E-state index is -0.864. The van der Waals surface area contributed by atoms with Crippen LogP contribution in [-0.2, 0) is 4.79 Å². The predicted molar refractivity (Wildman–Crippen MR) is 78.7 cm³/mol. The largest absolute Gasteiger partial charge is 0.480 e. The van der Waals surface area contributed by atoms with Crippen molar-refractivity contribution in [2.24, 2.45) is 0 Å². The molecule has 1 aliphatic rings. The molecule has 1 amide bonds. The van der Waals surface area contributed by atoms with Gasteiger partial charge in [0.1, 0.15) is 11.9 Å². The fourth-order valence-electron chi connectivity index (χ4n) is 2.28. The summed E-state index contributed by atoms with van der Waals surface area (Å²) in [6, 6.07) is 3.61. The van der Waals surface area contributed by atoms with E-state index in [0.29, 0.717) is 31.7 Å². The van der Waals surface area contributed by atoms with Crippen molar-refractivity contribution >= 4 is 27.8 Å². The van der Waals surface area contributed by atoms with Crippen molar-refractivity contribution in [3.8, 4) is 0 Å². The fraction of sp³-hybridized carbons (Fsp3) is 0.429. The number of aliphatic carboxylic acids is 1. The summed E-state index contributed by atoms with van der Waals surface area (Å²) in [6.07, 6.45) is 0. The second-order valence-electron chi connectivity index (χ2n) is 4.97. The zero-order valence-electron chi connectivity index (χ0n) is 11.6. The molecule has 1 aliphatic heterocycles. The maximum Gasteiger partial charge on any atom is 0.320 e. The summed E-state index contributed by atoms with van der Waals surface area (Å²) < 4.78 is 13.4. The second kappa shape index (κ2) is 6.53. The molecule has 1 atom stereocenters. The summed E-state index contributed by atoms with van der Waals surface area (Å²) >= 11 is 3.06. The molecular weight excluding hydrogens is 343 g/mol. The Balaban J connectivity index is 2.00. The normalized spacial score (nSPS) is 17.6. The summed E-state index contributed by atoms with van der Waals surface area (Å²) in [5.74, 6) is -1.44. The first kappa shape index (κ1) is 15.9. The first-order valence-corrected chi connectivity index (χ1v) is 7.40. The Morgan fingerprint density at radius 1 is 1.29 bits per heavy atom. The number of hydrogen-bond acceptors (Lipinski definition) is 3. The molecule has 5 nitrogen and oxygen atoms in total. The van der Waals surface area contributed by atoms with Gasteiger partial charge in [-0.2, -0.15) is 0 Å². The summed E-state index contributed by atoms with van der Waals surface area (Å²) in [5.41, 5.74) is 0.419. The number of nitrogens with zero attached hydrogens (tertiary/aromatic N) is 2. The minimum Gasteiger partial charge on any atom is -0.480 e. The van der Waals surface area contributed by atoms with Gasteiger partial charge < -0.3 is 10.0 Å². The summed E-state index contributed by atoms with van der Waals surface area (Å²) in [5, 5.41) is 8.98. The minimum absolute atomic E-state index is 0.168. The topological polar surface area (TPSA) is 60.9 Å². The smallest absolute Gasteiger partial charge is 0.320 e. The maximum atomic E-state index is 13.2. The SMILES string of the molecule is CC(C(=O)O)N1CCN(C(=O)c2ccc(F)c(Br)c2)CC1. The number of carbonyl (C=O) groups is 2. The van der Waals surface area contributed by atoms with E-state index >= 15 is 0 Å². The highest BCUT2D eigenvalue weighted by Gasteiger charge is 2.27. The van der Waals surface area contributed by atoms with Crippen LogP contribution in [0.15, 0.2) is 22.7 Å². The number of piperazine rings is 1. The lowest BCUT2D eigenvalue weighted by molar-refractivity contribution is -0.143. The Kier molecular flexibility index (Phi) is 4.95. The average molecular weight is 359 g/mol. The molecule has 1 saturated heterocycles. The Bertz CT molecular complexity index is 559. The third-order valence-corrected chi connectivity index (χ3v) is 4.28. The highest BCUT2D eigenvalue weighted by molar-refractivity contribution is 9.10. The van der Waals surface area contributed by atoms with E-state index in [1.54, 1.807) is 11.8 Å². The van der Waals surface area contributed by atoms with Gasteiger partial charge in [0.25, 0.3) is 5.91 Å². The molecule has 0 bridgehead atoms. The molecule has 0 aromatic heterocycles. The van der Waals surface area contributed by atoms with Crippen LogP contribution in [-0.4, -0.2) is 59.0 Å². The van der Waals surface area contributed by atoms with E-state index in [0.717, 1.165) is 0 Å². The zero-order valence-corrected chi connectivity index (χ0v) is 13.1. The molecule has 1 aromatic rings. The average Bonchev–Trinajstić information content (AvgIpc) is 2.48. The van der Waals surface area contributed by atoms with E-state index in [9.17, 15) is 14.0 Å². The number of halogens is 2. The predicted octanol–water partition coefficient (Wildman–Crippen LogP) is 1.82. The van der Waals surface area contributed by atoms with Crippen molar-refractivity contribution in [2.45, 2.75) is 13.0 Å². The maximum absolute atomic E-state index is 13.2. The lowest BCUT2D eigenvalue weighted by Gasteiger charge is -2.36. The highest BCUT2D eigenvalue weighted by Crippen LogP contribution is 2.19. The molecular formula is C14H16BrFN2O3. The van der Waals surface area contributed by atoms with E-state index in [1.165, 1.54) is 18.2 Å². The van der Waals surface area contributed by atoms with E-state index in [-0.39, 0.29) is 10.4 Å². The quantitative estimate of drug-likeness (QED) is 0.895. The number of rotatable bonds is 3. The van der Waals surface area contributed by atoms with Crippen molar-refractivity contribution in [3.05, 3.63) is 34.1 Å². The molecule has 0 spiro atoms. The molecule has 7 heteroatoms. The van der Waals surface area contributed by atoms with Crippen molar-refractivity contribution in [3.63, 3.8) is 0 Å². The van der Waals surface area contributed by atoms with Crippen molar-refractivity contribution in [2.75, 3.05) is 26.2 Å². The van der Waals surface area contributed by atoms with Gasteiger partial charge in [0.05, 0.1) is 4.47 Å². The highest BCUT2D eigenvalue weighted by atomic mass is 79.9. The van der Waals surface area contributed by atoms with Gasteiger partial charge in [0.15, 0.2) is 0 Å². The molecule has 1 fully saturated rings. The third-order valence-electron chi connectivity index (χ3n) is 3.67. The second-order valence-corrected chi connectivity index (χ2v) is 5.83. The van der Waals surface area contributed by atoms with Gasteiger partial charge in [-0.1, -0.05) is 0 Å². The molecule has 21 heavy (non-hydrogen) atoms. The summed E-state index contributed by atoms with van der Waals surface area (Å²) in [7, 11) is 0. The fourth-order valence-corrected chi connectivity index (χ4v) is 2.66. The molecule has 1 unspecified atom stereocenters. The first-order valence-electron chi connectivity index (χ1n) is 6.61. The van der Waals surface area contributed by atoms with Crippen molar-refractivity contribution < 1.29 is 19.1 Å². The molecule has 114 valence electrons. The van der Waals surface area contributed by atoms with E-state index in [4.69, 9.17) is 5.11 Å². The van der Waals surface area contributed by atoms with Gasteiger partial charge >= 0.3 is 5.97 Å². The van der Waals surface area contributed by atoms with Crippen LogP contribution in [0.5, 0.6) is 0 Å². The summed E-state index contributed by atoms with van der Waals surface area (Å²) in [6.45, 7) is 3.59. The van der Waals surface area contributed by atoms with Crippen LogP contribution in [0.3, 0.4) is 0 Å². The first-order chi connectivity index (χ1) is 9.90. The summed E-state index contributed by atoms with van der Waals surface area (Å²) in [4.78, 5) is 26.7. The molecule has 0 saturated carbocycles. The Morgan fingerprint density at radius 3 is 2.43 bits per heavy atom. The van der Waals surface area contributed by atoms with Crippen LogP contribution in [0.4, 0.5) is 4.39 Å². The number of carboxylic acid groups (broad SMARTS) is 1. The third kappa shape index (κ3) is 3.59. The van der Waals surface area contributed by atoms with Gasteiger partial charge in [-0.15, -0.1) is 0 Å². The van der Waals surface area contributed by atoms with Crippen LogP contribution in [0.25, 0.3) is 0 Å². The molecule has 1 heterocycles. The van der Waals surface area contributed by atoms with Gasteiger partial charge in [-0.25, -0.2) is 4.39 Å². The van der Waals surface area contributed by atoms with Crippen LogP contribution >= 0.6 is 15.9 Å². The number of carbonyl (C=O) groups excluding carboxylic acids is 1. The van der Waals surface area contributed by atoms with Crippen molar-refractivity contribution in [1.29, 1.82) is 0 Å². The Morgan fingerprint density at radius 2 is 1.90 bits per heavy atom. The van der Waals surface area contributed by atoms with Gasteiger partial charge in [-0.3, -0.25) is 14.5 Å². The van der Waals surface area contributed by atoms with Crippen LogP contribution in [0.2, 0.25) is 0 Å². The zero-order chi connectivity index (χ0) is 15.6. The Hall–Kier alpha value is -1.47. The number of amides is 1. The van der Waals surface area contributed by atoms with Gasteiger partial charge in [0, 0.05) is 31.7 Å². The molecule has 2 rings (SSSR count). The number of carboxylic acids is 1. The van der Waals surface area contributed by atoms with Crippen LogP contribution < -0.4 is 0 Å². The van der Waals surface area contributed by atoms with Gasteiger partial charge in [0.2, 0.25) is 0 Å². The monoisotopic (exact) mass is 358 g/mol. The molecule has 1 N–H and O–H groups in total. The van der Waals surface area contributed by atoms with Crippen molar-refractivity contribution in [1.82, 2.24) is 9.80 Å². The lowest BCUT2D eigenvalue weighted by atomic mass is 10.1. The number of hydrogen-bond donors (Lipinski definition) is 1. The number of benzene rings is 1. The lowest BCUT2D eigenvalue weighted by Crippen LogP contribution is -2.53. The standard InChI is InChI=1S/C14H16BrFN2O3/c1-9(14(20)21)17-4-6-18(7-5-17)13(19)10-2-3-12(16)11(15)8-10/h2-3,8-9H,4-7H2,1H3,(H,20,21).